The number of aromatic nitrogens is 2. The third-order valence-corrected chi connectivity index (χ3v) is 10.5. The smallest absolute Gasteiger partial charge is 0.121 e. The Bertz CT molecular complexity index is 2580. The van der Waals surface area contributed by atoms with Crippen molar-refractivity contribution in [3.63, 3.8) is 0 Å². The molecule has 3 aromatic heterocycles. The zero-order valence-electron chi connectivity index (χ0n) is 32.8. The number of fused-ring (bicyclic) bond motifs is 4. The Morgan fingerprint density at radius 2 is 1.45 bits per heavy atom. The van der Waals surface area contributed by atoms with Gasteiger partial charge < -0.3 is 14.4 Å². The molecule has 0 fully saturated rings. The molecule has 3 nitrogen and oxygen atoms in total. The summed E-state index contributed by atoms with van der Waals surface area (Å²) >= 11 is 0. The van der Waals surface area contributed by atoms with E-state index in [1.54, 1.807) is 0 Å². The molecule has 5 aromatic carbocycles. The molecule has 5 heteroatoms. The van der Waals surface area contributed by atoms with E-state index in [0.29, 0.717) is 17.2 Å². The Balaban J connectivity index is 0.000000188. The molecular formula is C46H42IrN2OSi-2. The first-order chi connectivity index (χ1) is 25.2. The Kier molecular flexibility index (Phi) is 9.42. The van der Waals surface area contributed by atoms with Crippen LogP contribution < -0.4 is 5.19 Å². The van der Waals surface area contributed by atoms with Gasteiger partial charge in [0.15, 0.2) is 0 Å². The second-order valence-corrected chi connectivity index (χ2v) is 19.7. The van der Waals surface area contributed by atoms with Crippen LogP contribution in [0.25, 0.3) is 66.4 Å². The summed E-state index contributed by atoms with van der Waals surface area (Å²) in [6.07, 6.45) is 2.35. The van der Waals surface area contributed by atoms with E-state index in [9.17, 15) is 0 Å². The minimum Gasteiger partial charge on any atom is -0.501 e. The molecule has 0 amide bonds. The van der Waals surface area contributed by atoms with Crippen molar-refractivity contribution in [2.75, 3.05) is 0 Å². The van der Waals surface area contributed by atoms with Crippen LogP contribution in [0.1, 0.15) is 30.4 Å². The number of nitrogens with zero attached hydrogens (tertiary/aromatic N) is 2. The largest absolute Gasteiger partial charge is 0.501 e. The minimum atomic E-state index is -1.70. The number of benzene rings is 5. The predicted octanol–water partition coefficient (Wildman–Crippen LogP) is 11.9. The van der Waals surface area contributed by atoms with Gasteiger partial charge in [-0.1, -0.05) is 136 Å². The zero-order chi connectivity index (χ0) is 37.5. The second kappa shape index (κ2) is 14.9. The summed E-state index contributed by atoms with van der Waals surface area (Å²) < 4.78 is 32.6. The Morgan fingerprint density at radius 1 is 0.725 bits per heavy atom. The summed E-state index contributed by atoms with van der Waals surface area (Å²) in [6.45, 7) is 12.6. The average Bonchev–Trinajstić information content (AvgIpc) is 3.55. The monoisotopic (exact) mass is 862 g/mol. The molecule has 1 radical (unpaired) electrons. The summed E-state index contributed by atoms with van der Waals surface area (Å²) in [5, 5.41) is 5.22. The number of hydrogen-bond donors (Lipinski definition) is 0. The van der Waals surface area contributed by atoms with Gasteiger partial charge in [0.2, 0.25) is 0 Å². The molecule has 0 bridgehead atoms. The summed E-state index contributed by atoms with van der Waals surface area (Å²) in [5.74, 6) is 0. The van der Waals surface area contributed by atoms with Crippen LogP contribution in [0.5, 0.6) is 0 Å². The number of pyridine rings is 2. The molecule has 8 rings (SSSR count). The van der Waals surface area contributed by atoms with Gasteiger partial charge in [-0.2, -0.15) is 0 Å². The molecule has 0 saturated carbocycles. The Labute approximate surface area is 320 Å². The number of rotatable bonds is 5. The summed E-state index contributed by atoms with van der Waals surface area (Å²) in [7, 11) is -1.70. The molecule has 0 atom stereocenters. The minimum absolute atomic E-state index is 0. The van der Waals surface area contributed by atoms with Gasteiger partial charge in [0.25, 0.3) is 0 Å². The van der Waals surface area contributed by atoms with Gasteiger partial charge in [0.05, 0.1) is 15.0 Å². The maximum atomic E-state index is 8.77. The molecular weight excluding hydrogens is 817 g/mol. The molecule has 0 aliphatic rings. The maximum Gasteiger partial charge on any atom is 0.121 e. The van der Waals surface area contributed by atoms with Gasteiger partial charge in [-0.15, -0.1) is 54.1 Å². The van der Waals surface area contributed by atoms with Crippen molar-refractivity contribution in [3.8, 4) is 33.6 Å². The van der Waals surface area contributed by atoms with E-state index in [1.807, 2.05) is 130 Å². The molecule has 0 spiro atoms. The van der Waals surface area contributed by atoms with Crippen LogP contribution in [0.3, 0.4) is 0 Å². The first-order valence-electron chi connectivity index (χ1n) is 18.5. The number of hydrogen-bond acceptors (Lipinski definition) is 3. The average molecular weight is 862 g/mol. The van der Waals surface area contributed by atoms with Crippen molar-refractivity contribution >= 4 is 46.0 Å². The molecule has 257 valence electrons. The van der Waals surface area contributed by atoms with Crippen LogP contribution in [-0.4, -0.2) is 18.0 Å². The molecule has 0 saturated heterocycles. The fourth-order valence-corrected chi connectivity index (χ4v) is 7.52. The third kappa shape index (κ3) is 8.13. The predicted molar refractivity (Wildman–Crippen MR) is 213 cm³/mol. The van der Waals surface area contributed by atoms with Gasteiger partial charge in [-0.3, -0.25) is 0 Å². The van der Waals surface area contributed by atoms with E-state index in [4.69, 9.17) is 8.53 Å². The standard InChI is InChI=1S/C27H16NO.C19H26NSi.Ir/c1-2-7-18(8-3-1)20-13-14-22-23-11-6-12-24(27(23)29-26(22)16-20)25-15-19-9-4-5-10-21(19)17-28-25;1-19(2,3)13-16-12-17(15-10-8-7-9-11-15)20-14-18(16)21(4,5)6;/h1-11,13-17H;7-10,12,14H,13H2,1-6H3;/q2*-1;/i16D;13D2;. The maximum absolute atomic E-state index is 8.77. The Hall–Kier alpha value is -4.67. The van der Waals surface area contributed by atoms with Crippen molar-refractivity contribution in [2.24, 2.45) is 5.41 Å². The molecule has 51 heavy (non-hydrogen) atoms. The van der Waals surface area contributed by atoms with Crippen molar-refractivity contribution in [3.05, 3.63) is 151 Å². The van der Waals surface area contributed by atoms with E-state index >= 15 is 0 Å². The van der Waals surface area contributed by atoms with Gasteiger partial charge in [-0.05, 0) is 56.3 Å². The zero-order valence-corrected chi connectivity index (χ0v) is 33.2. The van der Waals surface area contributed by atoms with Crippen LogP contribution in [0.15, 0.2) is 138 Å². The van der Waals surface area contributed by atoms with E-state index in [0.717, 1.165) is 65.9 Å². The van der Waals surface area contributed by atoms with Crippen LogP contribution >= 0.6 is 0 Å². The van der Waals surface area contributed by atoms with Gasteiger partial charge in [-0.25, -0.2) is 0 Å². The summed E-state index contributed by atoms with van der Waals surface area (Å²) in [4.78, 5) is 9.26. The summed E-state index contributed by atoms with van der Waals surface area (Å²) in [5.41, 5.74) is 6.79. The van der Waals surface area contributed by atoms with Crippen LogP contribution in [0.2, 0.25) is 19.6 Å². The van der Waals surface area contributed by atoms with Gasteiger partial charge in [0.1, 0.15) is 5.58 Å². The number of furan rings is 1. The van der Waals surface area contributed by atoms with Crippen LogP contribution in [-0.2, 0) is 26.5 Å². The first-order valence-corrected chi connectivity index (χ1v) is 20.5. The van der Waals surface area contributed by atoms with E-state index in [2.05, 4.69) is 59.9 Å². The molecule has 0 unspecified atom stereocenters. The van der Waals surface area contributed by atoms with Crippen molar-refractivity contribution in [1.29, 1.82) is 0 Å². The summed E-state index contributed by atoms with van der Waals surface area (Å²) in [6, 6.07) is 44.7. The topological polar surface area (TPSA) is 38.9 Å². The molecule has 3 heterocycles. The van der Waals surface area contributed by atoms with Crippen molar-refractivity contribution in [2.45, 2.75) is 46.8 Å². The van der Waals surface area contributed by atoms with Gasteiger partial charge >= 0.3 is 0 Å². The molecule has 0 aliphatic carbocycles. The van der Waals surface area contributed by atoms with E-state index < -0.39 is 19.9 Å². The van der Waals surface area contributed by atoms with E-state index in [1.165, 1.54) is 0 Å². The van der Waals surface area contributed by atoms with Crippen molar-refractivity contribution < 1.29 is 28.6 Å². The fraction of sp³-hybridized carbons (Fsp3) is 0.174. The van der Waals surface area contributed by atoms with Crippen molar-refractivity contribution in [1.82, 2.24) is 9.97 Å². The normalized spacial score (nSPS) is 12.8. The quantitative estimate of drug-likeness (QED) is 0.128. The Morgan fingerprint density at radius 3 is 2.18 bits per heavy atom. The third-order valence-electron chi connectivity index (χ3n) is 8.53. The molecule has 0 aliphatic heterocycles. The van der Waals surface area contributed by atoms with Crippen LogP contribution in [0, 0.1) is 17.5 Å². The fourth-order valence-electron chi connectivity index (χ4n) is 6.13. The molecule has 8 aromatic rings. The first kappa shape index (κ1) is 32.2. The molecule has 0 N–H and O–H groups in total. The van der Waals surface area contributed by atoms with E-state index in [-0.39, 0.29) is 20.1 Å². The second-order valence-electron chi connectivity index (χ2n) is 14.6. The van der Waals surface area contributed by atoms with Gasteiger partial charge in [0, 0.05) is 40.6 Å². The van der Waals surface area contributed by atoms with Crippen LogP contribution in [0.4, 0.5) is 0 Å². The SMILES string of the molecule is [2H]C([2H])(c1cc(-c2[c-]cccc2)ncc1[Si](C)(C)C)C(C)(C)C.[2H]c1c(-c2ccccc2)ccc2c1oc1c(-c3cc4ccccc4cn3)[c-]ccc12.[Ir].